The van der Waals surface area contributed by atoms with Crippen molar-refractivity contribution in [2.75, 3.05) is 7.11 Å². The number of benzene rings is 1. The lowest BCUT2D eigenvalue weighted by Crippen LogP contribution is -2.12. The van der Waals surface area contributed by atoms with Gasteiger partial charge >= 0.3 is 11.7 Å². The second kappa shape index (κ2) is 5.91. The number of methoxy groups -OCH3 is 1. The number of ether oxygens (including phenoxy) is 1. The van der Waals surface area contributed by atoms with Crippen LogP contribution in [0.5, 0.6) is 0 Å². The minimum Gasteiger partial charge on any atom is -0.465 e. The summed E-state index contributed by atoms with van der Waals surface area (Å²) in [6.45, 7) is 0. The number of esters is 1. The number of thioether (sulfide) groups is 1. The van der Waals surface area contributed by atoms with E-state index in [1.165, 1.54) is 35.6 Å². The Morgan fingerprint density at radius 1 is 1.55 bits per heavy atom. The number of rotatable bonds is 4. The van der Waals surface area contributed by atoms with Crippen molar-refractivity contribution in [2.24, 2.45) is 7.05 Å². The van der Waals surface area contributed by atoms with Crippen LogP contribution in [0.2, 0.25) is 0 Å². The monoisotopic (exact) mass is 297 g/mol. The summed E-state index contributed by atoms with van der Waals surface area (Å²) in [6.07, 6.45) is 0. The molecule has 0 saturated heterocycles. The molecule has 0 spiro atoms. The van der Waals surface area contributed by atoms with Gasteiger partial charge in [0.05, 0.1) is 12.7 Å². The fraction of sp³-hybridized carbons (Fsp3) is 0.250. The van der Waals surface area contributed by atoms with Crippen LogP contribution in [0.1, 0.15) is 15.9 Å². The molecule has 8 heteroatoms. The Bertz CT molecular complexity index is 695. The van der Waals surface area contributed by atoms with Gasteiger partial charge in [-0.05, 0) is 17.7 Å². The zero-order chi connectivity index (χ0) is 14.7. The van der Waals surface area contributed by atoms with E-state index in [4.69, 9.17) is 0 Å². The predicted octanol–water partition coefficient (Wildman–Crippen LogP) is 1.33. The van der Waals surface area contributed by atoms with Crippen molar-refractivity contribution in [3.63, 3.8) is 0 Å². The molecule has 2 aromatic rings. The van der Waals surface area contributed by atoms with E-state index in [1.807, 2.05) is 0 Å². The first-order valence-electron chi connectivity index (χ1n) is 5.64. The van der Waals surface area contributed by atoms with Gasteiger partial charge in [0.1, 0.15) is 5.82 Å². The molecular formula is C12H12FN3O3S. The summed E-state index contributed by atoms with van der Waals surface area (Å²) < 4.78 is 19.5. The lowest BCUT2D eigenvalue weighted by molar-refractivity contribution is 0.0595. The first kappa shape index (κ1) is 14.3. The third-order valence-electron chi connectivity index (χ3n) is 2.65. The quantitative estimate of drug-likeness (QED) is 0.680. The van der Waals surface area contributed by atoms with E-state index < -0.39 is 11.8 Å². The van der Waals surface area contributed by atoms with E-state index in [2.05, 4.69) is 14.9 Å². The second-order valence-electron chi connectivity index (χ2n) is 3.96. The Morgan fingerprint density at radius 2 is 2.30 bits per heavy atom. The summed E-state index contributed by atoms with van der Waals surface area (Å²) in [5.74, 6) is -0.918. The van der Waals surface area contributed by atoms with Gasteiger partial charge in [-0.3, -0.25) is 4.57 Å². The van der Waals surface area contributed by atoms with Gasteiger partial charge in [-0.1, -0.05) is 17.8 Å². The van der Waals surface area contributed by atoms with E-state index in [0.29, 0.717) is 16.5 Å². The fourth-order valence-electron chi connectivity index (χ4n) is 1.53. The highest BCUT2D eigenvalue weighted by Crippen LogP contribution is 2.21. The van der Waals surface area contributed by atoms with E-state index in [1.54, 1.807) is 13.1 Å². The maximum atomic E-state index is 13.7. The lowest BCUT2D eigenvalue weighted by atomic mass is 10.1. The van der Waals surface area contributed by atoms with Crippen molar-refractivity contribution < 1.29 is 13.9 Å². The van der Waals surface area contributed by atoms with Crippen LogP contribution in [0.3, 0.4) is 0 Å². The highest BCUT2D eigenvalue weighted by Gasteiger charge is 2.13. The molecule has 0 aliphatic heterocycles. The largest absolute Gasteiger partial charge is 0.465 e. The Labute approximate surface area is 118 Å². The van der Waals surface area contributed by atoms with Gasteiger partial charge in [-0.25, -0.2) is 19.1 Å². The van der Waals surface area contributed by atoms with Gasteiger partial charge in [0, 0.05) is 12.8 Å². The van der Waals surface area contributed by atoms with Crippen molar-refractivity contribution in [1.29, 1.82) is 0 Å². The van der Waals surface area contributed by atoms with Crippen molar-refractivity contribution in [3.05, 3.63) is 45.6 Å². The number of H-pyrrole nitrogens is 1. The summed E-state index contributed by atoms with van der Waals surface area (Å²) in [5, 5.41) is 6.66. The minimum absolute atomic E-state index is 0.103. The van der Waals surface area contributed by atoms with Crippen LogP contribution in [0.4, 0.5) is 4.39 Å². The van der Waals surface area contributed by atoms with Gasteiger partial charge in [0.2, 0.25) is 0 Å². The molecule has 2 rings (SSSR count). The van der Waals surface area contributed by atoms with Crippen molar-refractivity contribution in [3.8, 4) is 0 Å². The third-order valence-corrected chi connectivity index (χ3v) is 3.75. The zero-order valence-corrected chi connectivity index (χ0v) is 11.7. The van der Waals surface area contributed by atoms with Crippen LogP contribution in [0.15, 0.2) is 28.2 Å². The first-order chi connectivity index (χ1) is 9.52. The van der Waals surface area contributed by atoms with Crippen molar-refractivity contribution in [1.82, 2.24) is 14.8 Å². The Hall–Kier alpha value is -2.09. The molecule has 1 aromatic heterocycles. The molecule has 0 aliphatic carbocycles. The fourth-order valence-corrected chi connectivity index (χ4v) is 2.40. The molecule has 0 bridgehead atoms. The Kier molecular flexibility index (Phi) is 4.23. The predicted molar refractivity (Wildman–Crippen MR) is 71.1 cm³/mol. The van der Waals surface area contributed by atoms with Crippen molar-refractivity contribution in [2.45, 2.75) is 10.9 Å². The maximum absolute atomic E-state index is 13.7. The minimum atomic E-state index is -0.712. The van der Waals surface area contributed by atoms with Crippen LogP contribution >= 0.6 is 11.8 Å². The number of hydrogen-bond acceptors (Lipinski definition) is 5. The van der Waals surface area contributed by atoms with Crippen molar-refractivity contribution >= 4 is 17.7 Å². The summed E-state index contributed by atoms with van der Waals surface area (Å²) in [4.78, 5) is 22.4. The first-order valence-corrected chi connectivity index (χ1v) is 6.62. The van der Waals surface area contributed by atoms with Gasteiger partial charge in [-0.15, -0.1) is 5.10 Å². The topological polar surface area (TPSA) is 77.0 Å². The number of nitrogens with zero attached hydrogens (tertiary/aromatic N) is 2. The second-order valence-corrected chi connectivity index (χ2v) is 4.91. The van der Waals surface area contributed by atoms with E-state index >= 15 is 0 Å². The zero-order valence-electron chi connectivity index (χ0n) is 10.8. The third kappa shape index (κ3) is 2.90. The number of aromatic nitrogens is 3. The van der Waals surface area contributed by atoms with Crippen LogP contribution in [-0.2, 0) is 17.5 Å². The molecule has 106 valence electrons. The van der Waals surface area contributed by atoms with Gasteiger partial charge in [-0.2, -0.15) is 0 Å². The van der Waals surface area contributed by atoms with Crippen LogP contribution in [-0.4, -0.2) is 27.8 Å². The average molecular weight is 297 g/mol. The number of aromatic amines is 1. The molecule has 6 nitrogen and oxygen atoms in total. The summed E-state index contributed by atoms with van der Waals surface area (Å²) in [5.41, 5.74) is 0.267. The average Bonchev–Trinajstić information content (AvgIpc) is 2.76. The highest BCUT2D eigenvalue weighted by atomic mass is 32.2. The molecule has 0 unspecified atom stereocenters. The smallest absolute Gasteiger partial charge is 0.343 e. The molecule has 0 fully saturated rings. The van der Waals surface area contributed by atoms with E-state index in [9.17, 15) is 14.0 Å². The van der Waals surface area contributed by atoms with Crippen LogP contribution in [0, 0.1) is 5.82 Å². The molecule has 0 saturated carbocycles. The van der Waals surface area contributed by atoms with Crippen LogP contribution in [0.25, 0.3) is 0 Å². The maximum Gasteiger partial charge on any atom is 0.343 e. The van der Waals surface area contributed by atoms with Gasteiger partial charge in [0.15, 0.2) is 5.16 Å². The molecular weight excluding hydrogens is 285 g/mol. The molecule has 0 radical (unpaired) electrons. The molecule has 0 atom stereocenters. The van der Waals surface area contributed by atoms with E-state index in [0.717, 1.165) is 0 Å². The van der Waals surface area contributed by atoms with Gasteiger partial charge < -0.3 is 4.74 Å². The number of halogens is 1. The SMILES string of the molecule is COC(=O)c1ccc(CSc2n[nH]c(=O)n2C)cc1F. The Balaban J connectivity index is 2.11. The number of carbonyl (C=O) groups excluding carboxylic acids is 1. The molecule has 1 aromatic carbocycles. The Morgan fingerprint density at radius 3 is 2.85 bits per heavy atom. The number of nitrogens with one attached hydrogen (secondary N) is 1. The van der Waals surface area contributed by atoms with E-state index in [-0.39, 0.29) is 11.3 Å². The number of hydrogen-bond donors (Lipinski definition) is 1. The normalized spacial score (nSPS) is 10.6. The molecule has 0 amide bonds. The lowest BCUT2D eigenvalue weighted by Gasteiger charge is -2.04. The molecule has 0 aliphatic rings. The van der Waals surface area contributed by atoms with Gasteiger partial charge in [0.25, 0.3) is 0 Å². The molecule has 20 heavy (non-hydrogen) atoms. The molecule has 1 heterocycles. The number of carbonyl (C=O) groups is 1. The molecule has 1 N–H and O–H groups in total. The standard InChI is InChI=1S/C12H12FN3O3S/c1-16-11(18)14-15-12(16)20-6-7-3-4-8(9(13)5-7)10(17)19-2/h3-5H,6H2,1-2H3,(H,14,18). The summed E-state index contributed by atoms with van der Waals surface area (Å²) in [7, 11) is 2.79. The highest BCUT2D eigenvalue weighted by molar-refractivity contribution is 7.98. The summed E-state index contributed by atoms with van der Waals surface area (Å²) >= 11 is 1.29. The van der Waals surface area contributed by atoms with Crippen LogP contribution < -0.4 is 5.69 Å². The summed E-state index contributed by atoms with van der Waals surface area (Å²) in [6, 6.07) is 4.28.